The summed E-state index contributed by atoms with van der Waals surface area (Å²) in [4.78, 5) is 17.0. The Balaban J connectivity index is 2.14. The van der Waals surface area contributed by atoms with Gasteiger partial charge in [-0.25, -0.2) is 0 Å². The van der Waals surface area contributed by atoms with E-state index in [0.717, 1.165) is 23.4 Å². The number of carbonyl (C=O) groups excluding carboxylic acids is 1. The maximum absolute atomic E-state index is 12.2. The van der Waals surface area contributed by atoms with Crippen molar-refractivity contribution in [3.63, 3.8) is 0 Å². The van der Waals surface area contributed by atoms with E-state index in [0.29, 0.717) is 25.2 Å². The second kappa shape index (κ2) is 8.55. The summed E-state index contributed by atoms with van der Waals surface area (Å²) < 4.78 is 40.5. The number of aliphatic imine (C=N–C) groups is 1. The number of amidine groups is 1. The Morgan fingerprint density at radius 1 is 1.31 bits per heavy atom. The number of nitrogens with zero attached hydrogens (tertiary/aromatic N) is 2. The minimum Gasteiger partial charge on any atom is -0.406 e. The van der Waals surface area contributed by atoms with Crippen LogP contribution in [0.4, 0.5) is 18.9 Å². The molecule has 1 aromatic carbocycles. The molecule has 1 aliphatic heterocycles. The first kappa shape index (κ1) is 19.6. The molecule has 0 unspecified atom stereocenters. The van der Waals surface area contributed by atoms with Gasteiger partial charge in [-0.05, 0) is 44.2 Å². The predicted octanol–water partition coefficient (Wildman–Crippen LogP) is 4.11. The molecule has 5 nitrogen and oxygen atoms in total. The van der Waals surface area contributed by atoms with Gasteiger partial charge in [0.2, 0.25) is 0 Å². The van der Waals surface area contributed by atoms with E-state index in [4.69, 9.17) is 0 Å². The maximum atomic E-state index is 12.2. The summed E-state index contributed by atoms with van der Waals surface area (Å²) >= 11 is 0. The fraction of sp³-hybridized carbons (Fsp3) is 0.333. The van der Waals surface area contributed by atoms with Crippen LogP contribution in [-0.4, -0.2) is 36.5 Å². The fourth-order valence-electron chi connectivity index (χ4n) is 2.48. The first-order chi connectivity index (χ1) is 12.3. The van der Waals surface area contributed by atoms with Crippen molar-refractivity contribution in [3.8, 4) is 5.75 Å². The average Bonchev–Trinajstić information content (AvgIpc) is 2.96. The van der Waals surface area contributed by atoms with E-state index in [2.05, 4.69) is 15.0 Å². The molecule has 0 atom stereocenters. The summed E-state index contributed by atoms with van der Waals surface area (Å²) in [5.74, 6) is 0.485. The monoisotopic (exact) mass is 367 g/mol. The smallest absolute Gasteiger partial charge is 0.406 e. The maximum Gasteiger partial charge on any atom is 0.573 e. The molecule has 1 aromatic rings. The lowest BCUT2D eigenvalue weighted by Crippen LogP contribution is -2.25. The Labute approximate surface area is 149 Å². The summed E-state index contributed by atoms with van der Waals surface area (Å²) in [6, 6.07) is 5.50. The molecular formula is C18H20F3N3O2. The highest BCUT2D eigenvalue weighted by Gasteiger charge is 2.31. The van der Waals surface area contributed by atoms with Gasteiger partial charge in [0.1, 0.15) is 17.9 Å². The second-order valence-electron chi connectivity index (χ2n) is 5.50. The van der Waals surface area contributed by atoms with E-state index in [9.17, 15) is 18.0 Å². The van der Waals surface area contributed by atoms with Crippen molar-refractivity contribution in [3.05, 3.63) is 47.8 Å². The number of allylic oxidation sites excluding steroid dienone is 1. The molecule has 0 spiro atoms. The molecule has 0 saturated carbocycles. The molecule has 0 aromatic heterocycles. The number of halogens is 3. The van der Waals surface area contributed by atoms with Gasteiger partial charge in [0.15, 0.2) is 0 Å². The molecule has 1 N–H and O–H groups in total. The third-order valence-corrected chi connectivity index (χ3v) is 3.55. The minimum atomic E-state index is -4.71. The Kier molecular flexibility index (Phi) is 6.43. The summed E-state index contributed by atoms with van der Waals surface area (Å²) in [5.41, 5.74) is 2.29. The molecule has 1 heterocycles. The topological polar surface area (TPSA) is 53.9 Å². The van der Waals surface area contributed by atoms with Crippen molar-refractivity contribution in [2.45, 2.75) is 26.6 Å². The van der Waals surface area contributed by atoms with Gasteiger partial charge >= 0.3 is 6.36 Å². The number of benzene rings is 1. The van der Waals surface area contributed by atoms with Gasteiger partial charge < -0.3 is 19.7 Å². The standard InChI is InChI=1S/C18H20F3N3O2/c1-3-22-17-16(9-11-24(17)10-4-12-25)13(2)23-14-5-7-15(8-6-14)26-18(19,20)21/h5-9,11-12,23H,3-4,10H2,1-2H3/b16-13+,22-17+. The van der Waals surface area contributed by atoms with Crippen molar-refractivity contribution in [1.29, 1.82) is 0 Å². The number of hydrogen-bond donors (Lipinski definition) is 1. The Morgan fingerprint density at radius 2 is 2.00 bits per heavy atom. The molecule has 1 aliphatic rings. The van der Waals surface area contributed by atoms with Crippen LogP contribution < -0.4 is 10.1 Å². The fourth-order valence-corrected chi connectivity index (χ4v) is 2.48. The second-order valence-corrected chi connectivity index (χ2v) is 5.50. The summed E-state index contributed by atoms with van der Waals surface area (Å²) in [7, 11) is 0. The van der Waals surface area contributed by atoms with E-state index < -0.39 is 6.36 Å². The molecule has 140 valence electrons. The number of anilines is 1. The van der Waals surface area contributed by atoms with Gasteiger partial charge in [-0.1, -0.05) is 0 Å². The number of carbonyl (C=O) groups is 1. The van der Waals surface area contributed by atoms with Crippen LogP contribution >= 0.6 is 0 Å². The summed E-state index contributed by atoms with van der Waals surface area (Å²) in [6.45, 7) is 4.91. The van der Waals surface area contributed by atoms with Crippen molar-refractivity contribution in [2.24, 2.45) is 4.99 Å². The van der Waals surface area contributed by atoms with Gasteiger partial charge in [-0.2, -0.15) is 0 Å². The molecule has 0 saturated heterocycles. The highest BCUT2D eigenvalue weighted by atomic mass is 19.4. The number of ether oxygens (including phenoxy) is 1. The third-order valence-electron chi connectivity index (χ3n) is 3.55. The van der Waals surface area contributed by atoms with Crippen molar-refractivity contribution >= 4 is 17.8 Å². The normalized spacial score (nSPS) is 17.6. The zero-order valence-electron chi connectivity index (χ0n) is 14.5. The van der Waals surface area contributed by atoms with Crippen LogP contribution in [0, 0.1) is 0 Å². The minimum absolute atomic E-state index is 0.276. The average molecular weight is 367 g/mol. The zero-order chi connectivity index (χ0) is 19.2. The van der Waals surface area contributed by atoms with Crippen molar-refractivity contribution in [1.82, 2.24) is 4.90 Å². The van der Waals surface area contributed by atoms with Gasteiger partial charge in [0.05, 0.1) is 0 Å². The number of rotatable bonds is 7. The van der Waals surface area contributed by atoms with Crippen LogP contribution in [-0.2, 0) is 4.79 Å². The summed E-state index contributed by atoms with van der Waals surface area (Å²) in [6.07, 6.45) is 0.293. The Morgan fingerprint density at radius 3 is 2.58 bits per heavy atom. The van der Waals surface area contributed by atoms with E-state index in [1.165, 1.54) is 24.3 Å². The molecule has 8 heteroatoms. The zero-order valence-corrected chi connectivity index (χ0v) is 14.5. The van der Waals surface area contributed by atoms with E-state index in [-0.39, 0.29) is 5.75 Å². The van der Waals surface area contributed by atoms with E-state index >= 15 is 0 Å². The molecule has 0 fully saturated rings. The molecular weight excluding hydrogens is 347 g/mol. The van der Waals surface area contributed by atoms with Gasteiger partial charge in [0, 0.05) is 42.7 Å². The number of alkyl halides is 3. The van der Waals surface area contributed by atoms with Gasteiger partial charge in [0.25, 0.3) is 0 Å². The van der Waals surface area contributed by atoms with Crippen LogP contribution in [0.2, 0.25) is 0 Å². The lowest BCUT2D eigenvalue weighted by atomic mass is 10.2. The van der Waals surface area contributed by atoms with Crippen molar-refractivity contribution < 1.29 is 22.7 Å². The number of hydrogen-bond acceptors (Lipinski definition) is 4. The first-order valence-electron chi connectivity index (χ1n) is 8.11. The van der Waals surface area contributed by atoms with Crippen LogP contribution in [0.3, 0.4) is 0 Å². The Hall–Kier alpha value is -2.77. The number of aldehydes is 1. The lowest BCUT2D eigenvalue weighted by molar-refractivity contribution is -0.274. The van der Waals surface area contributed by atoms with Crippen LogP contribution in [0.25, 0.3) is 0 Å². The Bertz CT molecular complexity index is 722. The van der Waals surface area contributed by atoms with Gasteiger partial charge in [-0.15, -0.1) is 13.2 Å². The molecule has 0 amide bonds. The highest BCUT2D eigenvalue weighted by molar-refractivity contribution is 6.04. The van der Waals surface area contributed by atoms with Crippen LogP contribution in [0.5, 0.6) is 5.75 Å². The molecule has 0 bridgehead atoms. The molecule has 26 heavy (non-hydrogen) atoms. The highest BCUT2D eigenvalue weighted by Crippen LogP contribution is 2.25. The summed E-state index contributed by atoms with van der Waals surface area (Å²) in [5, 5.41) is 3.15. The number of nitrogens with one attached hydrogen (secondary N) is 1. The largest absolute Gasteiger partial charge is 0.573 e. The SMILES string of the molecule is CC/N=C1\C(=C(/C)Nc2ccc(OC(F)(F)F)cc2)C=CN1CCC=O. The first-order valence-corrected chi connectivity index (χ1v) is 8.11. The van der Waals surface area contributed by atoms with E-state index in [1.54, 1.807) is 0 Å². The lowest BCUT2D eigenvalue weighted by Gasteiger charge is -2.18. The molecule has 0 aliphatic carbocycles. The van der Waals surface area contributed by atoms with Gasteiger partial charge in [-0.3, -0.25) is 4.99 Å². The van der Waals surface area contributed by atoms with Crippen LogP contribution in [0.1, 0.15) is 20.3 Å². The third kappa shape index (κ3) is 5.37. The van der Waals surface area contributed by atoms with Crippen molar-refractivity contribution in [2.75, 3.05) is 18.4 Å². The van der Waals surface area contributed by atoms with Crippen LogP contribution in [0.15, 0.2) is 52.8 Å². The molecule has 2 rings (SSSR count). The molecule has 0 radical (unpaired) electrons. The quantitative estimate of drug-likeness (QED) is 0.737. The predicted molar refractivity (Wildman–Crippen MR) is 94.0 cm³/mol. The van der Waals surface area contributed by atoms with E-state index in [1.807, 2.05) is 31.0 Å².